The summed E-state index contributed by atoms with van der Waals surface area (Å²) >= 11 is 1.77. The number of benzene rings is 1. The van der Waals surface area contributed by atoms with Gasteiger partial charge in [-0.2, -0.15) is 0 Å². The molecule has 1 aromatic heterocycles. The maximum absolute atomic E-state index is 5.85. The van der Waals surface area contributed by atoms with Crippen LogP contribution in [0.4, 0.5) is 0 Å². The molecule has 0 atom stereocenters. The molecule has 0 amide bonds. The average Bonchev–Trinajstić information content (AvgIpc) is 2.66. The topological polar surface area (TPSA) is 35.2 Å². The molecule has 0 aliphatic carbocycles. The zero-order valence-corrected chi connectivity index (χ0v) is 11.4. The Morgan fingerprint density at radius 1 is 1.35 bits per heavy atom. The summed E-state index contributed by atoms with van der Waals surface area (Å²) in [6.45, 7) is 5.10. The Hall–Kier alpha value is -1.06. The average molecular weight is 249 g/mol. The van der Waals surface area contributed by atoms with Gasteiger partial charge in [-0.05, 0) is 29.4 Å². The van der Waals surface area contributed by atoms with Crippen LogP contribution in [0, 0.1) is 5.92 Å². The van der Waals surface area contributed by atoms with Crippen LogP contribution in [-0.2, 0) is 13.0 Å². The smallest absolute Gasteiger partial charge is 0.136 e. The molecule has 0 saturated heterocycles. The first-order chi connectivity index (χ1) is 8.17. The van der Waals surface area contributed by atoms with Crippen LogP contribution in [0.25, 0.3) is 10.1 Å². The van der Waals surface area contributed by atoms with E-state index in [0.717, 1.165) is 12.2 Å². The summed E-state index contributed by atoms with van der Waals surface area (Å²) in [6.07, 6.45) is 1.08. The van der Waals surface area contributed by atoms with Gasteiger partial charge in [0, 0.05) is 11.4 Å². The Bertz CT molecular complexity index is 516. The number of thiophene rings is 1. The number of rotatable bonds is 4. The van der Waals surface area contributed by atoms with E-state index in [1.165, 1.54) is 20.5 Å². The first-order valence-corrected chi connectivity index (χ1v) is 6.76. The minimum Gasteiger partial charge on any atom is -0.495 e. The molecule has 17 heavy (non-hydrogen) atoms. The first-order valence-electron chi connectivity index (χ1n) is 5.94. The Kier molecular flexibility index (Phi) is 3.69. The van der Waals surface area contributed by atoms with E-state index < -0.39 is 0 Å². The quantitative estimate of drug-likeness (QED) is 0.899. The lowest BCUT2D eigenvalue weighted by atomic mass is 10.00. The lowest BCUT2D eigenvalue weighted by Crippen LogP contribution is -2.00. The van der Waals surface area contributed by atoms with Crippen molar-refractivity contribution in [3.63, 3.8) is 0 Å². The Labute approximate surface area is 106 Å². The third kappa shape index (κ3) is 2.31. The highest BCUT2D eigenvalue weighted by atomic mass is 32.1. The van der Waals surface area contributed by atoms with Crippen LogP contribution in [0.5, 0.6) is 5.75 Å². The second kappa shape index (κ2) is 5.07. The highest BCUT2D eigenvalue weighted by Crippen LogP contribution is 2.38. The van der Waals surface area contributed by atoms with E-state index >= 15 is 0 Å². The number of fused-ring (bicyclic) bond motifs is 1. The van der Waals surface area contributed by atoms with E-state index in [1.807, 2.05) is 6.07 Å². The van der Waals surface area contributed by atoms with Crippen molar-refractivity contribution >= 4 is 21.4 Å². The highest BCUT2D eigenvalue weighted by Gasteiger charge is 2.14. The molecular weight excluding hydrogens is 230 g/mol. The Morgan fingerprint density at radius 3 is 2.71 bits per heavy atom. The SMILES string of the molecule is COc1cccc2c(CC(C)C)c(CN)sc12. The zero-order chi connectivity index (χ0) is 12.4. The minimum absolute atomic E-state index is 0.616. The fraction of sp³-hybridized carbons (Fsp3) is 0.429. The van der Waals surface area contributed by atoms with E-state index in [4.69, 9.17) is 10.5 Å². The molecule has 2 aromatic rings. The van der Waals surface area contributed by atoms with Crippen molar-refractivity contribution in [3.05, 3.63) is 28.6 Å². The van der Waals surface area contributed by atoms with Gasteiger partial charge < -0.3 is 10.5 Å². The number of hydrogen-bond donors (Lipinski definition) is 1. The molecule has 0 saturated carbocycles. The maximum atomic E-state index is 5.85. The predicted molar refractivity (Wildman–Crippen MR) is 74.8 cm³/mol. The van der Waals surface area contributed by atoms with Gasteiger partial charge in [-0.15, -0.1) is 11.3 Å². The second-order valence-electron chi connectivity index (χ2n) is 4.64. The van der Waals surface area contributed by atoms with E-state index in [9.17, 15) is 0 Å². The van der Waals surface area contributed by atoms with Crippen molar-refractivity contribution in [1.29, 1.82) is 0 Å². The fourth-order valence-electron chi connectivity index (χ4n) is 2.15. The normalized spacial score (nSPS) is 11.4. The molecule has 0 unspecified atom stereocenters. The summed E-state index contributed by atoms with van der Waals surface area (Å²) in [5.41, 5.74) is 7.26. The van der Waals surface area contributed by atoms with Crippen LogP contribution in [0.2, 0.25) is 0 Å². The molecule has 0 radical (unpaired) electrons. The van der Waals surface area contributed by atoms with Crippen LogP contribution < -0.4 is 10.5 Å². The molecule has 0 aliphatic heterocycles. The van der Waals surface area contributed by atoms with Crippen LogP contribution in [0.15, 0.2) is 18.2 Å². The molecule has 0 spiro atoms. The molecular formula is C14H19NOS. The van der Waals surface area contributed by atoms with Crippen LogP contribution >= 0.6 is 11.3 Å². The Morgan fingerprint density at radius 2 is 2.12 bits per heavy atom. The van der Waals surface area contributed by atoms with Gasteiger partial charge in [0.25, 0.3) is 0 Å². The molecule has 0 fully saturated rings. The summed E-state index contributed by atoms with van der Waals surface area (Å²) in [4.78, 5) is 1.29. The van der Waals surface area contributed by atoms with Gasteiger partial charge >= 0.3 is 0 Å². The zero-order valence-electron chi connectivity index (χ0n) is 10.6. The summed E-state index contributed by atoms with van der Waals surface area (Å²) in [6, 6.07) is 6.24. The van der Waals surface area contributed by atoms with Gasteiger partial charge in [-0.3, -0.25) is 0 Å². The van der Waals surface area contributed by atoms with Gasteiger partial charge in [0.05, 0.1) is 11.8 Å². The summed E-state index contributed by atoms with van der Waals surface area (Å²) in [5.74, 6) is 1.60. The van der Waals surface area contributed by atoms with E-state index in [0.29, 0.717) is 12.5 Å². The summed E-state index contributed by atoms with van der Waals surface area (Å²) < 4.78 is 6.64. The monoisotopic (exact) mass is 249 g/mol. The number of methoxy groups -OCH3 is 1. The van der Waals surface area contributed by atoms with Crippen molar-refractivity contribution in [1.82, 2.24) is 0 Å². The van der Waals surface area contributed by atoms with Crippen molar-refractivity contribution in [2.45, 2.75) is 26.8 Å². The van der Waals surface area contributed by atoms with Crippen LogP contribution in [-0.4, -0.2) is 7.11 Å². The summed E-state index contributed by atoms with van der Waals surface area (Å²) in [7, 11) is 1.72. The lowest BCUT2D eigenvalue weighted by molar-refractivity contribution is 0.420. The highest BCUT2D eigenvalue weighted by molar-refractivity contribution is 7.19. The van der Waals surface area contributed by atoms with Gasteiger partial charge in [-0.25, -0.2) is 0 Å². The van der Waals surface area contributed by atoms with Crippen molar-refractivity contribution in [2.75, 3.05) is 7.11 Å². The van der Waals surface area contributed by atoms with E-state index in [-0.39, 0.29) is 0 Å². The van der Waals surface area contributed by atoms with Gasteiger partial charge in [0.1, 0.15) is 5.75 Å². The molecule has 1 aromatic carbocycles. The van der Waals surface area contributed by atoms with Crippen LogP contribution in [0.1, 0.15) is 24.3 Å². The van der Waals surface area contributed by atoms with Crippen molar-refractivity contribution in [3.8, 4) is 5.75 Å². The summed E-state index contributed by atoms with van der Waals surface area (Å²) in [5, 5.41) is 1.31. The third-order valence-electron chi connectivity index (χ3n) is 2.88. The number of ether oxygens (including phenoxy) is 1. The van der Waals surface area contributed by atoms with Crippen molar-refractivity contribution < 1.29 is 4.74 Å². The first kappa shape index (κ1) is 12.4. The molecule has 92 valence electrons. The van der Waals surface area contributed by atoms with Gasteiger partial charge in [-0.1, -0.05) is 26.0 Å². The third-order valence-corrected chi connectivity index (χ3v) is 4.17. The number of nitrogens with two attached hydrogens (primary N) is 1. The van der Waals surface area contributed by atoms with Crippen LogP contribution in [0.3, 0.4) is 0 Å². The molecule has 0 bridgehead atoms. The molecule has 2 N–H and O–H groups in total. The van der Waals surface area contributed by atoms with Crippen molar-refractivity contribution in [2.24, 2.45) is 11.7 Å². The standard InChI is InChI=1S/C14H19NOS/c1-9(2)7-11-10-5-4-6-12(16-3)14(10)17-13(11)8-15/h4-6,9H,7-8,15H2,1-3H3. The minimum atomic E-state index is 0.616. The lowest BCUT2D eigenvalue weighted by Gasteiger charge is -2.06. The largest absolute Gasteiger partial charge is 0.495 e. The maximum Gasteiger partial charge on any atom is 0.136 e. The van der Waals surface area contributed by atoms with E-state index in [1.54, 1.807) is 18.4 Å². The van der Waals surface area contributed by atoms with Gasteiger partial charge in [0.2, 0.25) is 0 Å². The number of hydrogen-bond acceptors (Lipinski definition) is 3. The molecule has 3 heteroatoms. The molecule has 2 rings (SSSR count). The second-order valence-corrected chi connectivity index (χ2v) is 5.75. The molecule has 2 nitrogen and oxygen atoms in total. The molecule has 1 heterocycles. The van der Waals surface area contributed by atoms with E-state index in [2.05, 4.69) is 26.0 Å². The Balaban J connectivity index is 2.63. The molecule has 0 aliphatic rings. The fourth-order valence-corrected chi connectivity index (χ4v) is 3.35. The predicted octanol–water partition coefficient (Wildman–Crippen LogP) is 3.57. The van der Waals surface area contributed by atoms with Gasteiger partial charge in [0.15, 0.2) is 0 Å².